The zero-order valence-electron chi connectivity index (χ0n) is 8.60. The van der Waals surface area contributed by atoms with Crippen LogP contribution in [-0.4, -0.2) is 16.6 Å². The second-order valence-corrected chi connectivity index (χ2v) is 3.71. The first-order valence-corrected chi connectivity index (χ1v) is 5.22. The van der Waals surface area contributed by atoms with Gasteiger partial charge in [-0.2, -0.15) is 0 Å². The monoisotopic (exact) mass is 241 g/mol. The number of nitro groups is 1. The van der Waals surface area contributed by atoms with E-state index in [2.05, 4.69) is 0 Å². The van der Waals surface area contributed by atoms with E-state index >= 15 is 0 Å². The quantitative estimate of drug-likeness (QED) is 0.637. The molecule has 0 bridgehead atoms. The Labute approximate surface area is 98.3 Å². The van der Waals surface area contributed by atoms with Gasteiger partial charge in [-0.05, 0) is 24.1 Å². The van der Waals surface area contributed by atoms with Crippen molar-refractivity contribution in [3.05, 3.63) is 50.7 Å². The Morgan fingerprint density at radius 2 is 2.06 bits per heavy atom. The van der Waals surface area contributed by atoms with Crippen molar-refractivity contribution in [2.45, 2.75) is 12.8 Å². The van der Waals surface area contributed by atoms with Crippen LogP contribution in [0.2, 0.25) is 5.02 Å². The molecule has 1 aromatic rings. The average Bonchev–Trinajstić information content (AvgIpc) is 2.26. The van der Waals surface area contributed by atoms with Crippen LogP contribution < -0.4 is 0 Å². The van der Waals surface area contributed by atoms with Gasteiger partial charge >= 0.3 is 0 Å². The average molecular weight is 242 g/mol. The lowest BCUT2D eigenvalue weighted by atomic mass is 10.1. The van der Waals surface area contributed by atoms with Crippen LogP contribution in [0.15, 0.2) is 30.0 Å². The Morgan fingerprint density at radius 3 is 2.56 bits per heavy atom. The van der Waals surface area contributed by atoms with Crippen LogP contribution in [0, 0.1) is 10.1 Å². The highest BCUT2D eigenvalue weighted by Crippen LogP contribution is 2.15. The molecule has 5 heteroatoms. The van der Waals surface area contributed by atoms with E-state index in [1.54, 1.807) is 24.3 Å². The molecule has 0 aromatic heterocycles. The van der Waals surface area contributed by atoms with Crippen molar-refractivity contribution in [2.75, 3.05) is 6.61 Å². The summed E-state index contributed by atoms with van der Waals surface area (Å²) >= 11 is 5.71. The van der Waals surface area contributed by atoms with E-state index in [4.69, 9.17) is 16.7 Å². The Kier molecular flexibility index (Phi) is 4.95. The van der Waals surface area contributed by atoms with Gasteiger partial charge in [-0.25, -0.2) is 0 Å². The lowest BCUT2D eigenvalue weighted by Crippen LogP contribution is -1.99. The second-order valence-electron chi connectivity index (χ2n) is 3.27. The summed E-state index contributed by atoms with van der Waals surface area (Å²) in [5, 5.41) is 19.9. The van der Waals surface area contributed by atoms with Crippen LogP contribution >= 0.6 is 11.6 Å². The van der Waals surface area contributed by atoms with Crippen molar-refractivity contribution in [3.8, 4) is 0 Å². The number of hydrogen-bond acceptors (Lipinski definition) is 3. The van der Waals surface area contributed by atoms with Crippen LogP contribution in [0.3, 0.4) is 0 Å². The lowest BCUT2D eigenvalue weighted by molar-refractivity contribution is -0.426. The van der Waals surface area contributed by atoms with Gasteiger partial charge in [-0.1, -0.05) is 23.7 Å². The molecule has 1 rings (SSSR count). The molecule has 0 saturated heterocycles. The first-order valence-electron chi connectivity index (χ1n) is 4.85. The van der Waals surface area contributed by atoms with Crippen LogP contribution in [0.1, 0.15) is 18.4 Å². The molecule has 0 amide bonds. The Balaban J connectivity index is 2.84. The summed E-state index contributed by atoms with van der Waals surface area (Å²) in [5.74, 6) is 0. The molecule has 16 heavy (non-hydrogen) atoms. The fourth-order valence-corrected chi connectivity index (χ4v) is 1.35. The minimum absolute atomic E-state index is 0.0498. The molecular formula is C11H12ClNO3. The molecule has 0 unspecified atom stereocenters. The molecule has 1 N–H and O–H groups in total. The van der Waals surface area contributed by atoms with Gasteiger partial charge in [0, 0.05) is 24.1 Å². The molecule has 0 aliphatic rings. The number of benzene rings is 1. The summed E-state index contributed by atoms with van der Waals surface area (Å²) in [4.78, 5) is 10.3. The highest BCUT2D eigenvalue weighted by atomic mass is 35.5. The number of hydrogen-bond donors (Lipinski definition) is 1. The van der Waals surface area contributed by atoms with E-state index in [-0.39, 0.29) is 18.7 Å². The van der Waals surface area contributed by atoms with E-state index in [1.807, 2.05) is 0 Å². The van der Waals surface area contributed by atoms with Gasteiger partial charge in [0.15, 0.2) is 0 Å². The summed E-state index contributed by atoms with van der Waals surface area (Å²) in [5.41, 5.74) is 0.824. The zero-order chi connectivity index (χ0) is 12.0. The molecule has 0 fully saturated rings. The maximum atomic E-state index is 10.7. The lowest BCUT2D eigenvalue weighted by Gasteiger charge is -1.98. The number of allylic oxidation sites excluding steroid dienone is 1. The molecule has 0 radical (unpaired) electrons. The van der Waals surface area contributed by atoms with Gasteiger partial charge in [-0.3, -0.25) is 10.1 Å². The van der Waals surface area contributed by atoms with E-state index in [9.17, 15) is 10.1 Å². The van der Waals surface area contributed by atoms with Gasteiger partial charge < -0.3 is 5.11 Å². The number of aliphatic hydroxyl groups excluding tert-OH is 1. The van der Waals surface area contributed by atoms with Crippen molar-refractivity contribution in [3.63, 3.8) is 0 Å². The van der Waals surface area contributed by atoms with Crippen molar-refractivity contribution in [2.24, 2.45) is 0 Å². The Hall–Kier alpha value is -1.39. The van der Waals surface area contributed by atoms with Gasteiger partial charge in [0.2, 0.25) is 5.70 Å². The highest BCUT2D eigenvalue weighted by molar-refractivity contribution is 6.30. The SMILES string of the molecule is O=[N+]([O-])/C(=C/c1ccc(Cl)cc1)CCCO. The third-order valence-electron chi connectivity index (χ3n) is 2.03. The van der Waals surface area contributed by atoms with Crippen molar-refractivity contribution in [1.82, 2.24) is 0 Å². The fraction of sp³-hybridized carbons (Fsp3) is 0.273. The summed E-state index contributed by atoms with van der Waals surface area (Å²) < 4.78 is 0. The standard InChI is InChI=1S/C11H12ClNO3/c12-10-5-3-9(4-6-10)8-11(13(15)16)2-1-7-14/h3-6,8,14H,1-2,7H2/b11-8+. The van der Waals surface area contributed by atoms with Crippen molar-refractivity contribution >= 4 is 17.7 Å². The van der Waals surface area contributed by atoms with Crippen LogP contribution in [0.25, 0.3) is 6.08 Å². The molecule has 1 aromatic carbocycles. The van der Waals surface area contributed by atoms with E-state index in [0.717, 1.165) is 5.56 Å². The number of halogens is 1. The van der Waals surface area contributed by atoms with Gasteiger partial charge in [0.05, 0.1) is 4.92 Å². The molecule has 0 heterocycles. The minimum atomic E-state index is -0.426. The first kappa shape index (κ1) is 12.7. The fourth-order valence-electron chi connectivity index (χ4n) is 1.23. The van der Waals surface area contributed by atoms with E-state index in [0.29, 0.717) is 11.4 Å². The minimum Gasteiger partial charge on any atom is -0.396 e. The number of rotatable bonds is 5. The second kappa shape index (κ2) is 6.25. The molecule has 0 atom stereocenters. The predicted octanol–water partition coefficient (Wildman–Crippen LogP) is 2.73. The van der Waals surface area contributed by atoms with E-state index < -0.39 is 4.92 Å². The van der Waals surface area contributed by atoms with Gasteiger partial charge in [-0.15, -0.1) is 0 Å². The zero-order valence-corrected chi connectivity index (χ0v) is 9.35. The van der Waals surface area contributed by atoms with Crippen LogP contribution in [0.4, 0.5) is 0 Å². The summed E-state index contributed by atoms with van der Waals surface area (Å²) in [6, 6.07) is 6.78. The van der Waals surface area contributed by atoms with Crippen molar-refractivity contribution in [1.29, 1.82) is 0 Å². The number of nitrogens with zero attached hydrogens (tertiary/aromatic N) is 1. The molecule has 0 aliphatic carbocycles. The molecule has 0 spiro atoms. The molecule has 0 aliphatic heterocycles. The molecular weight excluding hydrogens is 230 g/mol. The Morgan fingerprint density at radius 1 is 1.44 bits per heavy atom. The Bertz CT molecular complexity index is 387. The molecule has 0 saturated carbocycles. The normalized spacial score (nSPS) is 11.5. The number of aliphatic hydroxyl groups is 1. The summed E-state index contributed by atoms with van der Waals surface area (Å²) in [6.45, 7) is -0.0498. The molecule has 86 valence electrons. The van der Waals surface area contributed by atoms with Gasteiger partial charge in [0.1, 0.15) is 0 Å². The smallest absolute Gasteiger partial charge is 0.246 e. The maximum Gasteiger partial charge on any atom is 0.246 e. The third kappa shape index (κ3) is 4.00. The molecule has 4 nitrogen and oxygen atoms in total. The van der Waals surface area contributed by atoms with Crippen LogP contribution in [-0.2, 0) is 0 Å². The maximum absolute atomic E-state index is 10.7. The van der Waals surface area contributed by atoms with E-state index in [1.165, 1.54) is 6.08 Å². The van der Waals surface area contributed by atoms with Crippen molar-refractivity contribution < 1.29 is 10.0 Å². The largest absolute Gasteiger partial charge is 0.396 e. The summed E-state index contributed by atoms with van der Waals surface area (Å²) in [7, 11) is 0. The topological polar surface area (TPSA) is 63.4 Å². The first-order chi connectivity index (χ1) is 7.63. The van der Waals surface area contributed by atoms with Gasteiger partial charge in [0.25, 0.3) is 0 Å². The summed E-state index contributed by atoms with van der Waals surface area (Å²) in [6.07, 6.45) is 2.14. The third-order valence-corrected chi connectivity index (χ3v) is 2.28. The predicted molar refractivity (Wildman–Crippen MR) is 62.7 cm³/mol. The van der Waals surface area contributed by atoms with Crippen LogP contribution in [0.5, 0.6) is 0 Å². The highest BCUT2D eigenvalue weighted by Gasteiger charge is 2.09.